The summed E-state index contributed by atoms with van der Waals surface area (Å²) in [5, 5.41) is 0. The number of ether oxygens (including phenoxy) is 1. The van der Waals surface area contributed by atoms with Crippen molar-refractivity contribution in [3.8, 4) is 0 Å². The Hall–Kier alpha value is -0.650. The molecule has 0 heterocycles. The van der Waals surface area contributed by atoms with Gasteiger partial charge in [-0.1, -0.05) is 22.0 Å². The number of carbonyl (C=O) groups excluding carboxylic acids is 1. The van der Waals surface area contributed by atoms with Crippen LogP contribution in [0, 0.1) is 5.82 Å². The molecular weight excluding hydrogens is 300 g/mol. The summed E-state index contributed by atoms with van der Waals surface area (Å²) in [6.45, 7) is 0. The lowest BCUT2D eigenvalue weighted by Crippen LogP contribution is -2.33. The molecule has 90 valence electrons. The van der Waals surface area contributed by atoms with E-state index in [0.717, 1.165) is 0 Å². The molecule has 2 N–H and O–H groups in total. The fourth-order valence-corrected chi connectivity index (χ4v) is 1.49. The van der Waals surface area contributed by atoms with E-state index in [-0.39, 0.29) is 24.6 Å². The normalized spacial score (nSPS) is 11.5. The Balaban J connectivity index is 0.00000225. The summed E-state index contributed by atoms with van der Waals surface area (Å²) >= 11 is 3.14. The van der Waals surface area contributed by atoms with Gasteiger partial charge in [0.25, 0.3) is 0 Å². The number of hydrogen-bond donors (Lipinski definition) is 1. The first-order chi connectivity index (χ1) is 7.04. The Morgan fingerprint density at radius 2 is 2.25 bits per heavy atom. The number of halogens is 3. The summed E-state index contributed by atoms with van der Waals surface area (Å²) in [5.41, 5.74) is 5.91. The maximum absolute atomic E-state index is 13.3. The smallest absolute Gasteiger partial charge is 0.322 e. The predicted octanol–water partition coefficient (Wildman–Crippen LogP) is 2.05. The summed E-state index contributed by atoms with van der Waals surface area (Å²) < 4.78 is 18.4. The Morgan fingerprint density at radius 1 is 1.62 bits per heavy atom. The van der Waals surface area contributed by atoms with Gasteiger partial charge >= 0.3 is 5.97 Å². The van der Waals surface area contributed by atoms with Crippen LogP contribution in [0.2, 0.25) is 0 Å². The van der Waals surface area contributed by atoms with Crippen molar-refractivity contribution in [2.24, 2.45) is 5.73 Å². The second-order valence-corrected chi connectivity index (χ2v) is 3.99. The van der Waals surface area contributed by atoms with Crippen molar-refractivity contribution in [3.05, 3.63) is 34.1 Å². The predicted molar refractivity (Wildman–Crippen MR) is 65.0 cm³/mol. The molecule has 1 unspecified atom stereocenters. The van der Waals surface area contributed by atoms with Crippen LogP contribution in [0.4, 0.5) is 4.39 Å². The van der Waals surface area contributed by atoms with E-state index in [2.05, 4.69) is 20.7 Å². The van der Waals surface area contributed by atoms with Crippen molar-refractivity contribution < 1.29 is 13.9 Å². The summed E-state index contributed by atoms with van der Waals surface area (Å²) in [6.07, 6.45) is 0.131. The summed E-state index contributed by atoms with van der Waals surface area (Å²) in [6, 6.07) is 3.79. The van der Waals surface area contributed by atoms with Crippen LogP contribution in [-0.4, -0.2) is 19.1 Å². The number of esters is 1. The molecule has 6 heteroatoms. The van der Waals surface area contributed by atoms with Crippen LogP contribution in [0.15, 0.2) is 22.7 Å². The number of carbonyl (C=O) groups is 1. The molecule has 0 fully saturated rings. The van der Waals surface area contributed by atoms with E-state index in [0.29, 0.717) is 10.0 Å². The van der Waals surface area contributed by atoms with E-state index in [1.54, 1.807) is 12.1 Å². The maximum atomic E-state index is 13.3. The van der Waals surface area contributed by atoms with Gasteiger partial charge in [-0.05, 0) is 17.7 Å². The second kappa shape index (κ2) is 6.83. The fraction of sp³-hybridized carbons (Fsp3) is 0.300. The average molecular weight is 313 g/mol. The van der Waals surface area contributed by atoms with Crippen LogP contribution >= 0.6 is 28.3 Å². The van der Waals surface area contributed by atoms with Crippen LogP contribution in [0.25, 0.3) is 0 Å². The van der Waals surface area contributed by atoms with E-state index >= 15 is 0 Å². The standard InChI is InChI=1S/C10H11BrFNO2.ClH/c1-15-10(14)9(13)4-6-2-3-7(11)5-8(6)12;/h2-3,5,9H,4,13H2,1H3;1H. The van der Waals surface area contributed by atoms with Gasteiger partial charge in [-0.2, -0.15) is 0 Å². The van der Waals surface area contributed by atoms with E-state index in [1.807, 2.05) is 0 Å². The van der Waals surface area contributed by atoms with Gasteiger partial charge in [-0.3, -0.25) is 4.79 Å². The molecule has 16 heavy (non-hydrogen) atoms. The number of benzene rings is 1. The maximum Gasteiger partial charge on any atom is 0.322 e. The van der Waals surface area contributed by atoms with Gasteiger partial charge in [0.15, 0.2) is 0 Å². The molecule has 0 aliphatic carbocycles. The number of nitrogens with two attached hydrogens (primary N) is 1. The molecule has 1 aromatic carbocycles. The third-order valence-corrected chi connectivity index (χ3v) is 2.45. The van der Waals surface area contributed by atoms with E-state index < -0.39 is 12.0 Å². The van der Waals surface area contributed by atoms with Gasteiger partial charge in [-0.15, -0.1) is 12.4 Å². The molecule has 0 spiro atoms. The topological polar surface area (TPSA) is 52.3 Å². The largest absolute Gasteiger partial charge is 0.468 e. The highest BCUT2D eigenvalue weighted by molar-refractivity contribution is 9.10. The molecule has 0 aromatic heterocycles. The van der Waals surface area contributed by atoms with Crippen molar-refractivity contribution in [1.29, 1.82) is 0 Å². The SMILES string of the molecule is COC(=O)C(N)Cc1ccc(Br)cc1F.Cl. The van der Waals surface area contributed by atoms with Gasteiger partial charge in [0.1, 0.15) is 11.9 Å². The highest BCUT2D eigenvalue weighted by Crippen LogP contribution is 2.16. The van der Waals surface area contributed by atoms with Crippen molar-refractivity contribution >= 4 is 34.3 Å². The molecule has 0 bridgehead atoms. The summed E-state index contributed by atoms with van der Waals surface area (Å²) in [4.78, 5) is 11.0. The quantitative estimate of drug-likeness (QED) is 0.869. The van der Waals surface area contributed by atoms with Crippen molar-refractivity contribution in [2.45, 2.75) is 12.5 Å². The third kappa shape index (κ3) is 4.08. The van der Waals surface area contributed by atoms with E-state index in [4.69, 9.17) is 5.73 Å². The molecule has 0 saturated heterocycles. The highest BCUT2D eigenvalue weighted by Gasteiger charge is 2.16. The van der Waals surface area contributed by atoms with E-state index in [9.17, 15) is 9.18 Å². The first-order valence-electron chi connectivity index (χ1n) is 4.32. The van der Waals surface area contributed by atoms with Gasteiger partial charge in [-0.25, -0.2) is 4.39 Å². The zero-order valence-corrected chi connectivity index (χ0v) is 11.0. The number of hydrogen-bond acceptors (Lipinski definition) is 3. The molecule has 0 saturated carbocycles. The molecule has 0 radical (unpaired) electrons. The highest BCUT2D eigenvalue weighted by atomic mass is 79.9. The van der Waals surface area contributed by atoms with Crippen LogP contribution in [-0.2, 0) is 16.0 Å². The van der Waals surface area contributed by atoms with Crippen molar-refractivity contribution in [3.63, 3.8) is 0 Å². The lowest BCUT2D eigenvalue weighted by atomic mass is 10.1. The molecule has 1 rings (SSSR count). The minimum absolute atomic E-state index is 0. The molecule has 0 aliphatic rings. The van der Waals surface area contributed by atoms with Crippen LogP contribution < -0.4 is 5.73 Å². The fourth-order valence-electron chi connectivity index (χ4n) is 1.16. The third-order valence-electron chi connectivity index (χ3n) is 1.96. The molecule has 1 aromatic rings. The number of rotatable bonds is 3. The molecular formula is C10H12BrClFNO2. The Kier molecular flexibility index (Phi) is 6.55. The van der Waals surface area contributed by atoms with Gasteiger partial charge in [0, 0.05) is 10.9 Å². The number of methoxy groups -OCH3 is 1. The molecule has 0 aliphatic heterocycles. The monoisotopic (exact) mass is 311 g/mol. The molecule has 0 amide bonds. The summed E-state index contributed by atoms with van der Waals surface area (Å²) in [5.74, 6) is -0.930. The Bertz CT molecular complexity index is 376. The average Bonchev–Trinajstić information content (AvgIpc) is 2.20. The minimum Gasteiger partial charge on any atom is -0.468 e. The van der Waals surface area contributed by atoms with Crippen LogP contribution in [0.3, 0.4) is 0 Å². The van der Waals surface area contributed by atoms with Crippen molar-refractivity contribution in [1.82, 2.24) is 0 Å². The Labute approximate surface area is 108 Å². The van der Waals surface area contributed by atoms with Crippen LogP contribution in [0.1, 0.15) is 5.56 Å². The lowest BCUT2D eigenvalue weighted by Gasteiger charge is -2.09. The first-order valence-corrected chi connectivity index (χ1v) is 5.11. The van der Waals surface area contributed by atoms with Gasteiger partial charge < -0.3 is 10.5 Å². The zero-order valence-electron chi connectivity index (χ0n) is 8.57. The minimum atomic E-state index is -0.828. The van der Waals surface area contributed by atoms with Crippen molar-refractivity contribution in [2.75, 3.05) is 7.11 Å². The van der Waals surface area contributed by atoms with E-state index in [1.165, 1.54) is 13.2 Å². The molecule has 3 nitrogen and oxygen atoms in total. The summed E-state index contributed by atoms with van der Waals surface area (Å²) in [7, 11) is 1.25. The first kappa shape index (κ1) is 15.3. The lowest BCUT2D eigenvalue weighted by molar-refractivity contribution is -0.142. The zero-order chi connectivity index (χ0) is 11.4. The Morgan fingerprint density at radius 3 is 2.75 bits per heavy atom. The molecule has 1 atom stereocenters. The van der Waals surface area contributed by atoms with Crippen LogP contribution in [0.5, 0.6) is 0 Å². The van der Waals surface area contributed by atoms with Gasteiger partial charge in [0.2, 0.25) is 0 Å². The second-order valence-electron chi connectivity index (χ2n) is 3.07. The van der Waals surface area contributed by atoms with Gasteiger partial charge in [0.05, 0.1) is 7.11 Å².